The van der Waals surface area contributed by atoms with Crippen LogP contribution in [0.2, 0.25) is 5.02 Å². The van der Waals surface area contributed by atoms with Crippen LogP contribution in [0.15, 0.2) is 42.7 Å². The number of nitrogens with one attached hydrogen (secondary N) is 1. The number of benzene rings is 1. The number of piperazine rings is 1. The molecule has 1 aromatic heterocycles. The molecule has 1 fully saturated rings. The summed E-state index contributed by atoms with van der Waals surface area (Å²) in [6.07, 6.45) is 2.23. The van der Waals surface area contributed by atoms with Crippen LogP contribution in [0.4, 0.5) is 4.39 Å². The lowest BCUT2D eigenvalue weighted by molar-refractivity contribution is -0.0502. The van der Waals surface area contributed by atoms with Gasteiger partial charge in [-0.05, 0) is 18.2 Å². The molecule has 0 aliphatic carbocycles. The Morgan fingerprint density at radius 3 is 3.08 bits per heavy atom. The summed E-state index contributed by atoms with van der Waals surface area (Å²) in [5, 5.41) is 13.9. The molecule has 128 valence electrons. The van der Waals surface area contributed by atoms with Crippen molar-refractivity contribution in [3.8, 4) is 5.75 Å². The molecule has 0 saturated carbocycles. The summed E-state index contributed by atoms with van der Waals surface area (Å²) in [6, 6.07) is 8.16. The van der Waals surface area contributed by atoms with Gasteiger partial charge in [0.2, 0.25) is 0 Å². The fourth-order valence-corrected chi connectivity index (χ4v) is 2.96. The van der Waals surface area contributed by atoms with Gasteiger partial charge in [-0.1, -0.05) is 23.7 Å². The molecule has 2 aromatic rings. The molecule has 2 N–H and O–H groups in total. The molecule has 1 saturated heterocycles. The lowest BCUT2D eigenvalue weighted by Gasteiger charge is -2.39. The maximum Gasteiger partial charge on any atom is 0.148 e. The predicted octanol–water partition coefficient (Wildman–Crippen LogP) is 2.22. The number of aliphatic hydroxyl groups excluding tert-OH is 1. The Balaban J connectivity index is 1.72. The average Bonchev–Trinajstić information content (AvgIpc) is 2.63. The van der Waals surface area contributed by atoms with Crippen LogP contribution < -0.4 is 10.1 Å². The number of halogens is 2. The molecule has 0 amide bonds. The predicted molar refractivity (Wildman–Crippen MR) is 89.5 cm³/mol. The fraction of sp³-hybridized carbons (Fsp3) is 0.353. The zero-order chi connectivity index (χ0) is 16.9. The maximum absolute atomic E-state index is 14.2. The fourth-order valence-electron chi connectivity index (χ4n) is 2.78. The zero-order valence-corrected chi connectivity index (χ0v) is 13.8. The molecule has 1 aliphatic rings. The van der Waals surface area contributed by atoms with Crippen LogP contribution in [0.5, 0.6) is 5.75 Å². The first-order valence-corrected chi connectivity index (χ1v) is 8.16. The third kappa shape index (κ3) is 3.84. The molecule has 2 atom stereocenters. The number of nitrogens with zero attached hydrogens (tertiary/aromatic N) is 2. The number of pyridine rings is 1. The summed E-state index contributed by atoms with van der Waals surface area (Å²) in [5.41, 5.74) is 0.177. The zero-order valence-electron chi connectivity index (χ0n) is 13.0. The molecule has 0 bridgehead atoms. The third-order valence-electron chi connectivity index (χ3n) is 4.05. The van der Waals surface area contributed by atoms with Gasteiger partial charge in [0.05, 0.1) is 17.3 Å². The number of rotatable bonds is 5. The highest BCUT2D eigenvalue weighted by molar-refractivity contribution is 6.30. The summed E-state index contributed by atoms with van der Waals surface area (Å²) in [4.78, 5) is 5.82. The van der Waals surface area contributed by atoms with Crippen LogP contribution in [-0.4, -0.2) is 47.3 Å². The van der Waals surface area contributed by atoms with Gasteiger partial charge in [0.1, 0.15) is 24.4 Å². The van der Waals surface area contributed by atoms with E-state index >= 15 is 0 Å². The van der Waals surface area contributed by atoms with Crippen LogP contribution in [0.1, 0.15) is 11.8 Å². The molecule has 3 rings (SSSR count). The van der Waals surface area contributed by atoms with Gasteiger partial charge < -0.3 is 15.2 Å². The van der Waals surface area contributed by atoms with Gasteiger partial charge in [0.15, 0.2) is 0 Å². The van der Waals surface area contributed by atoms with Gasteiger partial charge in [-0.3, -0.25) is 9.88 Å². The molecule has 24 heavy (non-hydrogen) atoms. The molecular weight excluding hydrogens is 333 g/mol. The SMILES string of the molecule is OC(c1cccc(Cl)c1F)N1CCNCC1COc1cccnc1. The van der Waals surface area contributed by atoms with E-state index in [2.05, 4.69) is 10.3 Å². The van der Waals surface area contributed by atoms with E-state index in [-0.39, 0.29) is 16.6 Å². The van der Waals surface area contributed by atoms with Crippen LogP contribution in [0, 0.1) is 5.82 Å². The standard InChI is InChI=1S/C17H19ClFN3O2/c18-15-5-1-4-14(16(15)19)17(23)22-8-7-21-9-12(22)11-24-13-3-2-6-20-10-13/h1-6,10,12,17,21,23H,7-9,11H2. The van der Waals surface area contributed by atoms with Gasteiger partial charge in [-0.25, -0.2) is 4.39 Å². The van der Waals surface area contributed by atoms with Crippen LogP contribution in [0.25, 0.3) is 0 Å². The van der Waals surface area contributed by atoms with E-state index in [1.807, 2.05) is 11.0 Å². The second kappa shape index (κ2) is 7.90. The summed E-state index contributed by atoms with van der Waals surface area (Å²) < 4.78 is 20.0. The number of aromatic nitrogens is 1. The van der Waals surface area contributed by atoms with E-state index in [1.165, 1.54) is 6.07 Å². The Bertz CT molecular complexity index is 674. The van der Waals surface area contributed by atoms with E-state index in [1.54, 1.807) is 30.6 Å². The van der Waals surface area contributed by atoms with Crippen molar-refractivity contribution in [2.24, 2.45) is 0 Å². The van der Waals surface area contributed by atoms with Crippen molar-refractivity contribution in [1.82, 2.24) is 15.2 Å². The highest BCUT2D eigenvalue weighted by Crippen LogP contribution is 2.27. The van der Waals surface area contributed by atoms with Crippen molar-refractivity contribution >= 4 is 11.6 Å². The smallest absolute Gasteiger partial charge is 0.148 e. The van der Waals surface area contributed by atoms with E-state index in [0.29, 0.717) is 32.0 Å². The minimum Gasteiger partial charge on any atom is -0.490 e. The van der Waals surface area contributed by atoms with Crippen molar-refractivity contribution < 1.29 is 14.2 Å². The molecule has 0 spiro atoms. The summed E-state index contributed by atoms with van der Waals surface area (Å²) in [5.74, 6) is 0.0728. The average molecular weight is 352 g/mol. The summed E-state index contributed by atoms with van der Waals surface area (Å²) in [7, 11) is 0. The van der Waals surface area contributed by atoms with Crippen molar-refractivity contribution in [2.75, 3.05) is 26.2 Å². The molecule has 1 aliphatic heterocycles. The Labute approximate surface area is 145 Å². The topological polar surface area (TPSA) is 57.6 Å². The minimum absolute atomic E-state index is 0.00449. The number of aliphatic hydroxyl groups is 1. The Hall–Kier alpha value is -1.73. The van der Waals surface area contributed by atoms with Crippen LogP contribution >= 0.6 is 11.6 Å². The monoisotopic (exact) mass is 351 g/mol. The molecule has 2 unspecified atom stereocenters. The Morgan fingerprint density at radius 2 is 2.29 bits per heavy atom. The lowest BCUT2D eigenvalue weighted by atomic mass is 10.1. The highest BCUT2D eigenvalue weighted by atomic mass is 35.5. The molecular formula is C17H19ClFN3O2. The largest absolute Gasteiger partial charge is 0.490 e. The van der Waals surface area contributed by atoms with Gasteiger partial charge >= 0.3 is 0 Å². The van der Waals surface area contributed by atoms with Gasteiger partial charge in [-0.2, -0.15) is 0 Å². The first-order valence-electron chi connectivity index (χ1n) is 7.78. The Kier molecular flexibility index (Phi) is 5.63. The van der Waals surface area contributed by atoms with Crippen molar-refractivity contribution in [1.29, 1.82) is 0 Å². The van der Waals surface area contributed by atoms with E-state index in [4.69, 9.17) is 16.3 Å². The third-order valence-corrected chi connectivity index (χ3v) is 4.34. The molecule has 5 nitrogen and oxygen atoms in total. The minimum atomic E-state index is -1.08. The van der Waals surface area contributed by atoms with Gasteiger partial charge in [0.25, 0.3) is 0 Å². The second-order valence-electron chi connectivity index (χ2n) is 5.61. The van der Waals surface area contributed by atoms with Gasteiger partial charge in [0, 0.05) is 31.4 Å². The quantitative estimate of drug-likeness (QED) is 0.865. The molecule has 1 aromatic carbocycles. The second-order valence-corrected chi connectivity index (χ2v) is 6.02. The number of hydrogen-bond acceptors (Lipinski definition) is 5. The molecule has 2 heterocycles. The Morgan fingerprint density at radius 1 is 1.42 bits per heavy atom. The van der Waals surface area contributed by atoms with Crippen molar-refractivity contribution in [3.63, 3.8) is 0 Å². The number of hydrogen-bond donors (Lipinski definition) is 2. The maximum atomic E-state index is 14.2. The van der Waals surface area contributed by atoms with E-state index in [0.717, 1.165) is 0 Å². The molecule has 0 radical (unpaired) electrons. The van der Waals surface area contributed by atoms with Gasteiger partial charge in [-0.15, -0.1) is 0 Å². The lowest BCUT2D eigenvalue weighted by Crippen LogP contribution is -2.54. The first kappa shape index (κ1) is 17.1. The van der Waals surface area contributed by atoms with Crippen molar-refractivity contribution in [3.05, 3.63) is 59.1 Å². The normalized spacial score (nSPS) is 19.9. The molecule has 7 heteroatoms. The van der Waals surface area contributed by atoms with E-state index < -0.39 is 12.0 Å². The summed E-state index contributed by atoms with van der Waals surface area (Å²) in [6.45, 7) is 2.29. The van der Waals surface area contributed by atoms with E-state index in [9.17, 15) is 9.50 Å². The van der Waals surface area contributed by atoms with Crippen LogP contribution in [-0.2, 0) is 0 Å². The highest BCUT2D eigenvalue weighted by Gasteiger charge is 2.30. The number of ether oxygens (including phenoxy) is 1. The summed E-state index contributed by atoms with van der Waals surface area (Å²) >= 11 is 5.83. The van der Waals surface area contributed by atoms with Crippen molar-refractivity contribution in [2.45, 2.75) is 12.3 Å². The van der Waals surface area contributed by atoms with Crippen LogP contribution in [0.3, 0.4) is 0 Å². The first-order chi connectivity index (χ1) is 11.7.